The summed E-state index contributed by atoms with van der Waals surface area (Å²) in [4.78, 5) is 3.88. The SMILES string of the molecule is Cc1cc2c(c(C(F)(F)F)c1)CC(N)=N2. The first-order valence-corrected chi connectivity index (χ1v) is 4.41. The van der Waals surface area contributed by atoms with Gasteiger partial charge < -0.3 is 5.73 Å². The maximum Gasteiger partial charge on any atom is 0.416 e. The third-order valence-electron chi connectivity index (χ3n) is 2.30. The molecular formula is C10H9F3N2. The van der Waals surface area contributed by atoms with Crippen molar-refractivity contribution in [2.24, 2.45) is 10.7 Å². The number of nitrogens with zero attached hydrogens (tertiary/aromatic N) is 1. The fraction of sp³-hybridized carbons (Fsp3) is 0.300. The molecule has 0 bridgehead atoms. The summed E-state index contributed by atoms with van der Waals surface area (Å²) in [5, 5.41) is 0. The topological polar surface area (TPSA) is 38.4 Å². The van der Waals surface area contributed by atoms with Gasteiger partial charge in [0.05, 0.1) is 11.3 Å². The maximum absolute atomic E-state index is 12.7. The Kier molecular flexibility index (Phi) is 1.99. The van der Waals surface area contributed by atoms with Gasteiger partial charge in [-0.2, -0.15) is 13.2 Å². The van der Waals surface area contributed by atoms with Crippen molar-refractivity contribution in [2.45, 2.75) is 19.5 Å². The average Bonchev–Trinajstić information content (AvgIpc) is 2.41. The monoisotopic (exact) mass is 214 g/mol. The number of rotatable bonds is 0. The van der Waals surface area contributed by atoms with Crippen LogP contribution in [0.5, 0.6) is 0 Å². The molecule has 2 nitrogen and oxygen atoms in total. The molecule has 0 amide bonds. The molecular weight excluding hydrogens is 205 g/mol. The van der Waals surface area contributed by atoms with E-state index in [2.05, 4.69) is 4.99 Å². The van der Waals surface area contributed by atoms with Crippen LogP contribution in [0.15, 0.2) is 17.1 Å². The van der Waals surface area contributed by atoms with Crippen LogP contribution in [-0.2, 0) is 12.6 Å². The number of nitrogens with two attached hydrogens (primary N) is 1. The van der Waals surface area contributed by atoms with Gasteiger partial charge in [-0.05, 0) is 30.2 Å². The summed E-state index contributed by atoms with van der Waals surface area (Å²) in [5.74, 6) is 0.237. The van der Waals surface area contributed by atoms with E-state index in [1.165, 1.54) is 0 Å². The molecule has 0 radical (unpaired) electrons. The maximum atomic E-state index is 12.7. The minimum atomic E-state index is -4.34. The van der Waals surface area contributed by atoms with E-state index in [0.29, 0.717) is 11.3 Å². The smallest absolute Gasteiger partial charge is 0.387 e. The molecule has 1 aromatic carbocycles. The molecule has 1 heterocycles. The highest BCUT2D eigenvalue weighted by Gasteiger charge is 2.35. The molecule has 0 aromatic heterocycles. The molecule has 80 valence electrons. The van der Waals surface area contributed by atoms with E-state index >= 15 is 0 Å². The van der Waals surface area contributed by atoms with Crippen molar-refractivity contribution in [1.29, 1.82) is 0 Å². The highest BCUT2D eigenvalue weighted by atomic mass is 19.4. The molecule has 0 saturated heterocycles. The number of hydrogen-bond acceptors (Lipinski definition) is 2. The summed E-state index contributed by atoms with van der Waals surface area (Å²) < 4.78 is 38.0. The largest absolute Gasteiger partial charge is 0.416 e. The van der Waals surface area contributed by atoms with Crippen LogP contribution < -0.4 is 5.73 Å². The van der Waals surface area contributed by atoms with Gasteiger partial charge in [-0.15, -0.1) is 0 Å². The van der Waals surface area contributed by atoms with Gasteiger partial charge in [0, 0.05) is 6.42 Å². The molecule has 0 atom stereocenters. The van der Waals surface area contributed by atoms with Gasteiger partial charge in [-0.3, -0.25) is 0 Å². The van der Waals surface area contributed by atoms with Crippen LogP contribution in [0, 0.1) is 6.92 Å². The Morgan fingerprint density at radius 1 is 1.33 bits per heavy atom. The molecule has 2 N–H and O–H groups in total. The molecule has 0 unspecified atom stereocenters. The quantitative estimate of drug-likeness (QED) is 0.708. The Labute approximate surface area is 84.6 Å². The van der Waals surface area contributed by atoms with E-state index < -0.39 is 11.7 Å². The molecule has 0 saturated carbocycles. The van der Waals surface area contributed by atoms with E-state index in [0.717, 1.165) is 6.07 Å². The van der Waals surface area contributed by atoms with Crippen LogP contribution in [0.3, 0.4) is 0 Å². The lowest BCUT2D eigenvalue weighted by Crippen LogP contribution is -2.14. The van der Waals surface area contributed by atoms with Crippen molar-refractivity contribution >= 4 is 11.5 Å². The zero-order chi connectivity index (χ0) is 11.2. The fourth-order valence-corrected chi connectivity index (χ4v) is 1.71. The summed E-state index contributed by atoms with van der Waals surface area (Å²) in [6.45, 7) is 1.61. The summed E-state index contributed by atoms with van der Waals surface area (Å²) in [6.07, 6.45) is -4.25. The van der Waals surface area contributed by atoms with Gasteiger partial charge in [0.2, 0.25) is 0 Å². The lowest BCUT2D eigenvalue weighted by atomic mass is 10.0. The van der Waals surface area contributed by atoms with Gasteiger partial charge in [-0.1, -0.05) is 0 Å². The third kappa shape index (κ3) is 1.69. The molecule has 0 aliphatic carbocycles. The first kappa shape index (κ1) is 10.0. The third-order valence-corrected chi connectivity index (χ3v) is 2.30. The number of fused-ring (bicyclic) bond motifs is 1. The highest BCUT2D eigenvalue weighted by Crippen LogP contribution is 2.39. The van der Waals surface area contributed by atoms with Crippen molar-refractivity contribution < 1.29 is 13.2 Å². The van der Waals surface area contributed by atoms with Crippen LogP contribution in [0.2, 0.25) is 0 Å². The molecule has 1 aliphatic heterocycles. The minimum absolute atomic E-state index is 0.0878. The Morgan fingerprint density at radius 3 is 2.60 bits per heavy atom. The number of amidine groups is 1. The normalized spacial score (nSPS) is 15.1. The van der Waals surface area contributed by atoms with Crippen LogP contribution in [-0.4, -0.2) is 5.84 Å². The van der Waals surface area contributed by atoms with Gasteiger partial charge in [-0.25, -0.2) is 4.99 Å². The highest BCUT2D eigenvalue weighted by molar-refractivity contribution is 5.91. The Hall–Kier alpha value is -1.52. The Bertz CT molecular complexity index is 447. The van der Waals surface area contributed by atoms with Gasteiger partial charge in [0.25, 0.3) is 0 Å². The number of benzene rings is 1. The Morgan fingerprint density at radius 2 is 2.00 bits per heavy atom. The number of aliphatic imine (C=N–C) groups is 1. The second-order valence-corrected chi connectivity index (χ2v) is 3.59. The number of hydrogen-bond donors (Lipinski definition) is 1. The van der Waals surface area contributed by atoms with Crippen LogP contribution in [0.4, 0.5) is 18.9 Å². The fourth-order valence-electron chi connectivity index (χ4n) is 1.71. The van der Waals surface area contributed by atoms with Gasteiger partial charge in [0.15, 0.2) is 0 Å². The van der Waals surface area contributed by atoms with Crippen molar-refractivity contribution in [1.82, 2.24) is 0 Å². The summed E-state index contributed by atoms with van der Waals surface area (Å²) in [7, 11) is 0. The summed E-state index contributed by atoms with van der Waals surface area (Å²) in [5.41, 5.74) is 5.88. The predicted molar refractivity (Wildman–Crippen MR) is 51.2 cm³/mol. The summed E-state index contributed by atoms with van der Waals surface area (Å²) in [6, 6.07) is 2.75. The van der Waals surface area contributed by atoms with E-state index in [4.69, 9.17) is 5.73 Å². The standard InChI is InChI=1S/C10H9F3N2/c1-5-2-7(10(11,12)13)6-4-9(14)15-8(6)3-5/h2-3H,4H2,1H3,(H2,14,15). The van der Waals surface area contributed by atoms with E-state index in [9.17, 15) is 13.2 Å². The van der Waals surface area contributed by atoms with Crippen molar-refractivity contribution in [2.75, 3.05) is 0 Å². The average molecular weight is 214 g/mol. The predicted octanol–water partition coefficient (Wildman–Crippen LogP) is 2.56. The zero-order valence-corrected chi connectivity index (χ0v) is 8.02. The van der Waals surface area contributed by atoms with Gasteiger partial charge >= 0.3 is 6.18 Å². The number of halogens is 3. The lowest BCUT2D eigenvalue weighted by Gasteiger charge is -2.12. The van der Waals surface area contributed by atoms with E-state index in [-0.39, 0.29) is 17.8 Å². The first-order chi connectivity index (χ1) is 6.88. The van der Waals surface area contributed by atoms with E-state index in [1.807, 2.05) is 0 Å². The molecule has 5 heteroatoms. The molecule has 2 rings (SSSR count). The molecule has 15 heavy (non-hydrogen) atoms. The number of alkyl halides is 3. The van der Waals surface area contributed by atoms with E-state index in [1.54, 1.807) is 13.0 Å². The first-order valence-electron chi connectivity index (χ1n) is 4.41. The van der Waals surface area contributed by atoms with Crippen molar-refractivity contribution in [3.8, 4) is 0 Å². The molecule has 0 spiro atoms. The second-order valence-electron chi connectivity index (χ2n) is 3.59. The Balaban J connectivity index is 2.62. The zero-order valence-electron chi connectivity index (χ0n) is 8.02. The number of aryl methyl sites for hydroxylation is 1. The summed E-state index contributed by atoms with van der Waals surface area (Å²) >= 11 is 0. The lowest BCUT2D eigenvalue weighted by molar-refractivity contribution is -0.138. The van der Waals surface area contributed by atoms with Crippen LogP contribution in [0.25, 0.3) is 0 Å². The molecule has 1 aliphatic rings. The minimum Gasteiger partial charge on any atom is -0.387 e. The van der Waals surface area contributed by atoms with Crippen LogP contribution >= 0.6 is 0 Å². The van der Waals surface area contributed by atoms with Crippen molar-refractivity contribution in [3.05, 3.63) is 28.8 Å². The van der Waals surface area contributed by atoms with Gasteiger partial charge in [0.1, 0.15) is 5.84 Å². The van der Waals surface area contributed by atoms with Crippen LogP contribution in [0.1, 0.15) is 16.7 Å². The second kappa shape index (κ2) is 2.98. The molecule has 0 fully saturated rings. The molecule has 1 aromatic rings. The van der Waals surface area contributed by atoms with Crippen molar-refractivity contribution in [3.63, 3.8) is 0 Å².